The summed E-state index contributed by atoms with van der Waals surface area (Å²) in [5, 5.41) is 6.56. The Balaban J connectivity index is 1.73. The standard InChI is InChI=1S/C19H16F3N5O2/c1-2-3-8-23-18(29)26-10-14-15-13(9-24-16(14)26)17(28)27(25-15)12-6-4-11(5-7-12)19(20,21)22/h4-7,9-10H,2-3,8H2,1H3,(H,23,29)/p+1. The summed E-state index contributed by atoms with van der Waals surface area (Å²) < 4.78 is 40.8. The molecule has 1 aliphatic rings. The molecule has 3 aromatic rings. The lowest BCUT2D eigenvalue weighted by molar-refractivity contribution is -0.137. The van der Waals surface area contributed by atoms with Crippen LogP contribution in [0.15, 0.2) is 35.3 Å². The molecule has 1 aliphatic heterocycles. The summed E-state index contributed by atoms with van der Waals surface area (Å²) in [6.07, 6.45) is 0.291. The van der Waals surface area contributed by atoms with Gasteiger partial charge in [-0.05, 0) is 30.7 Å². The van der Waals surface area contributed by atoms with Gasteiger partial charge >= 0.3 is 12.2 Å². The van der Waals surface area contributed by atoms with Gasteiger partial charge in [0.05, 0.1) is 29.5 Å². The largest absolute Gasteiger partial charge is 0.441 e. The monoisotopic (exact) mass is 404 g/mol. The van der Waals surface area contributed by atoms with Crippen molar-refractivity contribution in [3.05, 3.63) is 57.1 Å². The Labute approximate surface area is 161 Å². The molecule has 10 heteroatoms. The highest BCUT2D eigenvalue weighted by atomic mass is 19.4. The highest BCUT2D eigenvalue weighted by Gasteiger charge is 2.30. The first kappa shape index (κ1) is 18.9. The third-order valence-corrected chi connectivity index (χ3v) is 4.72. The van der Waals surface area contributed by atoms with Gasteiger partial charge in [0, 0.05) is 0 Å². The number of alkyl halides is 3. The van der Waals surface area contributed by atoms with E-state index in [1.807, 2.05) is 6.92 Å². The number of aromatic nitrogens is 3. The average Bonchev–Trinajstić information content (AvgIpc) is 2.98. The van der Waals surface area contributed by atoms with Gasteiger partial charge in [-0.3, -0.25) is 15.2 Å². The fourth-order valence-corrected chi connectivity index (χ4v) is 3.11. The van der Waals surface area contributed by atoms with Crippen molar-refractivity contribution in [2.24, 2.45) is 0 Å². The lowest BCUT2D eigenvalue weighted by Crippen LogP contribution is -2.55. The second-order valence-electron chi connectivity index (χ2n) is 6.67. The predicted molar refractivity (Wildman–Crippen MR) is 100.0 cm³/mol. The SMILES string of the molecule is CCCCNC(=O)[N+]1=c2ncc3c(=O)n(-c4ccc(C(F)(F)F)cc4)[nH]c3c2=C1. The van der Waals surface area contributed by atoms with Gasteiger partial charge in [-0.15, -0.1) is 4.98 Å². The molecule has 0 saturated heterocycles. The van der Waals surface area contributed by atoms with Gasteiger partial charge in [0.2, 0.25) is 0 Å². The number of amides is 2. The third-order valence-electron chi connectivity index (χ3n) is 4.72. The lowest BCUT2D eigenvalue weighted by Gasteiger charge is -2.08. The number of benzene rings is 1. The third kappa shape index (κ3) is 3.20. The van der Waals surface area contributed by atoms with Crippen molar-refractivity contribution in [1.82, 2.24) is 24.7 Å². The van der Waals surface area contributed by atoms with Crippen LogP contribution in [0.1, 0.15) is 25.3 Å². The number of nitrogens with zero attached hydrogens (tertiary/aromatic N) is 3. The number of aromatic amines is 1. The van der Waals surface area contributed by atoms with Crippen molar-refractivity contribution in [2.45, 2.75) is 25.9 Å². The summed E-state index contributed by atoms with van der Waals surface area (Å²) in [5.41, 5.74) is -0.0882. The first-order chi connectivity index (χ1) is 13.8. The maximum Gasteiger partial charge on any atom is 0.441 e. The number of halogens is 3. The Morgan fingerprint density at radius 2 is 2.00 bits per heavy atom. The number of rotatable bonds is 4. The molecule has 2 N–H and O–H groups in total. The molecule has 29 heavy (non-hydrogen) atoms. The van der Waals surface area contributed by atoms with Crippen LogP contribution in [0.4, 0.5) is 18.0 Å². The fourth-order valence-electron chi connectivity index (χ4n) is 3.11. The number of fused-ring (bicyclic) bond motifs is 3. The number of urea groups is 1. The van der Waals surface area contributed by atoms with E-state index in [1.165, 1.54) is 22.9 Å². The Morgan fingerprint density at radius 1 is 1.28 bits per heavy atom. The molecule has 0 saturated carbocycles. The molecular formula is C19H17F3N5O2+. The van der Waals surface area contributed by atoms with E-state index in [0.29, 0.717) is 22.8 Å². The average molecular weight is 404 g/mol. The number of nitrogens with one attached hydrogen (secondary N) is 2. The zero-order chi connectivity index (χ0) is 20.8. The second kappa shape index (κ2) is 6.87. The summed E-state index contributed by atoms with van der Waals surface area (Å²) >= 11 is 0. The van der Waals surface area contributed by atoms with Crippen LogP contribution in [0.5, 0.6) is 0 Å². The van der Waals surface area contributed by atoms with Crippen LogP contribution in [0.25, 0.3) is 22.8 Å². The molecule has 0 unspecified atom stereocenters. The fraction of sp³-hybridized carbons (Fsp3) is 0.263. The van der Waals surface area contributed by atoms with Gasteiger partial charge in [0.1, 0.15) is 16.8 Å². The molecule has 7 nitrogen and oxygen atoms in total. The minimum absolute atomic E-state index is 0.265. The number of hydrogen-bond acceptors (Lipinski definition) is 3. The van der Waals surface area contributed by atoms with Crippen molar-refractivity contribution in [1.29, 1.82) is 0 Å². The van der Waals surface area contributed by atoms with Gasteiger partial charge in [0.25, 0.3) is 11.0 Å². The molecule has 1 aromatic carbocycles. The quantitative estimate of drug-likeness (QED) is 0.511. The Bertz CT molecular complexity index is 1290. The van der Waals surface area contributed by atoms with Crippen LogP contribution in [-0.2, 0) is 6.18 Å². The molecule has 3 heterocycles. The van der Waals surface area contributed by atoms with E-state index in [9.17, 15) is 22.8 Å². The minimum Gasteiger partial charge on any atom is -0.289 e. The maximum atomic E-state index is 12.7. The second-order valence-corrected chi connectivity index (χ2v) is 6.67. The number of unbranched alkanes of at least 4 members (excludes halogenated alkanes) is 1. The highest BCUT2D eigenvalue weighted by Crippen LogP contribution is 2.29. The molecule has 2 aromatic heterocycles. The minimum atomic E-state index is -4.45. The molecule has 0 bridgehead atoms. The van der Waals surface area contributed by atoms with Crippen LogP contribution in [0.2, 0.25) is 0 Å². The Hall–Kier alpha value is -3.43. The molecule has 4 rings (SSSR count). The van der Waals surface area contributed by atoms with Gasteiger partial charge in [-0.25, -0.2) is 9.48 Å². The topological polar surface area (TPSA) is 82.8 Å². The van der Waals surface area contributed by atoms with Crippen molar-refractivity contribution in [2.75, 3.05) is 6.54 Å². The maximum absolute atomic E-state index is 12.7. The molecule has 0 fully saturated rings. The zero-order valence-corrected chi connectivity index (χ0v) is 15.4. The number of pyridine rings is 1. The Morgan fingerprint density at radius 3 is 2.66 bits per heavy atom. The first-order valence-corrected chi connectivity index (χ1v) is 9.04. The van der Waals surface area contributed by atoms with Crippen LogP contribution in [0.3, 0.4) is 0 Å². The molecule has 0 radical (unpaired) electrons. The van der Waals surface area contributed by atoms with E-state index in [-0.39, 0.29) is 17.1 Å². The zero-order valence-electron chi connectivity index (χ0n) is 15.4. The summed E-state index contributed by atoms with van der Waals surface area (Å²) in [4.78, 5) is 29.0. The molecule has 0 aliphatic carbocycles. The molecule has 0 spiro atoms. The predicted octanol–water partition coefficient (Wildman–Crippen LogP) is 1.48. The van der Waals surface area contributed by atoms with Crippen LogP contribution >= 0.6 is 0 Å². The smallest absolute Gasteiger partial charge is 0.289 e. The summed E-state index contributed by atoms with van der Waals surface area (Å²) in [7, 11) is 0. The normalized spacial score (nSPS) is 13.0. The van der Waals surface area contributed by atoms with Crippen molar-refractivity contribution >= 4 is 23.1 Å². The van der Waals surface area contributed by atoms with E-state index in [1.54, 1.807) is 6.20 Å². The van der Waals surface area contributed by atoms with Gasteiger partial charge in [-0.2, -0.15) is 17.7 Å². The number of carbonyl (C=O) groups excluding carboxylic acids is 1. The first-order valence-electron chi connectivity index (χ1n) is 9.04. The van der Waals surface area contributed by atoms with E-state index in [4.69, 9.17) is 0 Å². The van der Waals surface area contributed by atoms with Crippen molar-refractivity contribution in [3.63, 3.8) is 0 Å². The van der Waals surface area contributed by atoms with E-state index < -0.39 is 17.3 Å². The highest BCUT2D eigenvalue weighted by molar-refractivity contribution is 5.85. The molecular weight excluding hydrogens is 387 g/mol. The summed E-state index contributed by atoms with van der Waals surface area (Å²) in [6.45, 7) is 2.57. The van der Waals surface area contributed by atoms with Crippen LogP contribution in [0, 0.1) is 0 Å². The van der Waals surface area contributed by atoms with E-state index >= 15 is 0 Å². The number of H-pyrrole nitrogens is 1. The lowest BCUT2D eigenvalue weighted by atomic mass is 10.2. The van der Waals surface area contributed by atoms with Crippen molar-refractivity contribution in [3.8, 4) is 5.69 Å². The Kier molecular flexibility index (Phi) is 4.48. The van der Waals surface area contributed by atoms with E-state index in [0.717, 1.165) is 29.7 Å². The summed E-state index contributed by atoms with van der Waals surface area (Å²) in [5.74, 6) is 0. The van der Waals surface area contributed by atoms with Crippen LogP contribution < -0.4 is 26.2 Å². The van der Waals surface area contributed by atoms with Crippen molar-refractivity contribution < 1.29 is 18.0 Å². The van der Waals surface area contributed by atoms with Gasteiger partial charge in [0.15, 0.2) is 0 Å². The summed E-state index contributed by atoms with van der Waals surface area (Å²) in [6, 6.07) is 3.96. The number of carbonyl (C=O) groups is 1. The molecule has 2 amide bonds. The van der Waals surface area contributed by atoms with Crippen LogP contribution in [-0.4, -0.2) is 27.3 Å². The van der Waals surface area contributed by atoms with E-state index in [2.05, 4.69) is 15.4 Å². The number of hydrogen-bond donors (Lipinski definition) is 2. The molecule has 0 atom stereocenters. The van der Waals surface area contributed by atoms with Gasteiger partial charge < -0.3 is 0 Å². The van der Waals surface area contributed by atoms with Gasteiger partial charge in [-0.1, -0.05) is 13.3 Å². The molecule has 150 valence electrons.